The lowest BCUT2D eigenvalue weighted by atomic mass is 10.0. The second-order valence-electron chi connectivity index (χ2n) is 7.98. The van der Waals surface area contributed by atoms with Crippen molar-refractivity contribution >= 4 is 17.3 Å². The third-order valence-electron chi connectivity index (χ3n) is 5.73. The largest absolute Gasteiger partial charge is 0.356 e. The van der Waals surface area contributed by atoms with Crippen LogP contribution in [0.15, 0.2) is 90.9 Å². The van der Waals surface area contributed by atoms with Crippen LogP contribution < -0.4 is 10.6 Å². The van der Waals surface area contributed by atoms with Crippen LogP contribution in [0.1, 0.15) is 29.6 Å². The molecule has 154 valence electrons. The molecule has 1 saturated carbocycles. The van der Waals surface area contributed by atoms with Gasteiger partial charge in [0.15, 0.2) is 0 Å². The fraction of sp³-hybridized carbons (Fsp3) is 0.192. The molecule has 0 aliphatic heterocycles. The number of nitrogens with zero attached hydrogens (tertiary/aromatic N) is 2. The molecular weight excluding hydrogens is 384 g/mol. The van der Waals surface area contributed by atoms with Crippen molar-refractivity contribution in [3.63, 3.8) is 0 Å². The highest BCUT2D eigenvalue weighted by Crippen LogP contribution is 2.39. The first-order valence-corrected chi connectivity index (χ1v) is 10.7. The van der Waals surface area contributed by atoms with E-state index in [9.17, 15) is 4.79 Å². The first kappa shape index (κ1) is 19.2. The van der Waals surface area contributed by atoms with Gasteiger partial charge in [0.2, 0.25) is 0 Å². The zero-order valence-corrected chi connectivity index (χ0v) is 17.2. The Morgan fingerprint density at radius 2 is 1.90 bits per heavy atom. The zero-order chi connectivity index (χ0) is 21.0. The average Bonchev–Trinajstić information content (AvgIpc) is 3.60. The maximum atomic E-state index is 12.7. The Hall–Kier alpha value is -3.73. The quantitative estimate of drug-likeness (QED) is 0.582. The summed E-state index contributed by atoms with van der Waals surface area (Å²) in [6, 6.07) is 17.8. The molecule has 1 amide bonds. The van der Waals surface area contributed by atoms with Gasteiger partial charge in [0.05, 0.1) is 5.69 Å². The van der Waals surface area contributed by atoms with Crippen LogP contribution in [0.3, 0.4) is 0 Å². The Balaban J connectivity index is 1.22. The van der Waals surface area contributed by atoms with Crippen LogP contribution in [0, 0.1) is 5.92 Å². The van der Waals surface area contributed by atoms with E-state index in [0.717, 1.165) is 41.9 Å². The van der Waals surface area contributed by atoms with Gasteiger partial charge < -0.3 is 10.6 Å². The van der Waals surface area contributed by atoms with Crippen molar-refractivity contribution in [2.75, 3.05) is 5.32 Å². The van der Waals surface area contributed by atoms with Crippen LogP contribution in [0.25, 0.3) is 11.3 Å². The number of nitrogens with one attached hydrogen (secondary N) is 2. The molecule has 3 aromatic rings. The number of carbonyl (C=O) groups excluding carboxylic acids is 1. The lowest BCUT2D eigenvalue weighted by molar-refractivity contribution is 0.0950. The van der Waals surface area contributed by atoms with E-state index in [-0.39, 0.29) is 11.9 Å². The molecule has 2 N–H and O–H groups in total. The summed E-state index contributed by atoms with van der Waals surface area (Å²) in [5.74, 6) is 0.450. The number of rotatable bonds is 6. The van der Waals surface area contributed by atoms with E-state index < -0.39 is 0 Å². The highest BCUT2D eigenvalue weighted by Gasteiger charge is 2.40. The van der Waals surface area contributed by atoms with Gasteiger partial charge in [0, 0.05) is 40.7 Å². The predicted octanol–water partition coefficient (Wildman–Crippen LogP) is 5.28. The summed E-state index contributed by atoms with van der Waals surface area (Å²) in [6.07, 6.45) is 13.3. The molecule has 0 unspecified atom stereocenters. The van der Waals surface area contributed by atoms with Crippen molar-refractivity contribution in [3.8, 4) is 11.3 Å². The predicted molar refractivity (Wildman–Crippen MR) is 123 cm³/mol. The van der Waals surface area contributed by atoms with Gasteiger partial charge in [0.25, 0.3) is 5.91 Å². The van der Waals surface area contributed by atoms with Crippen molar-refractivity contribution < 1.29 is 4.79 Å². The minimum atomic E-state index is -0.0179. The summed E-state index contributed by atoms with van der Waals surface area (Å²) in [6.45, 7) is 0. The van der Waals surface area contributed by atoms with Gasteiger partial charge in [-0.05, 0) is 61.2 Å². The molecule has 0 bridgehead atoms. The number of amides is 1. The molecule has 2 aliphatic carbocycles. The van der Waals surface area contributed by atoms with E-state index in [2.05, 4.69) is 38.8 Å². The summed E-state index contributed by atoms with van der Waals surface area (Å²) in [4.78, 5) is 21.0. The molecule has 1 fully saturated rings. The van der Waals surface area contributed by atoms with Gasteiger partial charge in [-0.3, -0.25) is 4.79 Å². The molecular formula is C26H24N4O. The third kappa shape index (κ3) is 4.56. The SMILES string of the molecule is O=C(N[C@@H]1C[C@H]1C1=CCCC=C1)c1cccc(Nc2ccc(-c3ccncn3)cc2)c1. The Kier molecular flexibility index (Phi) is 5.31. The molecule has 0 saturated heterocycles. The lowest BCUT2D eigenvalue weighted by Gasteiger charge is -2.10. The zero-order valence-electron chi connectivity index (χ0n) is 17.2. The van der Waals surface area contributed by atoms with Crippen molar-refractivity contribution in [2.24, 2.45) is 5.92 Å². The van der Waals surface area contributed by atoms with Gasteiger partial charge >= 0.3 is 0 Å². The number of anilines is 2. The van der Waals surface area contributed by atoms with Crippen molar-refractivity contribution in [1.82, 2.24) is 15.3 Å². The molecule has 5 rings (SSSR count). The number of hydrogen-bond acceptors (Lipinski definition) is 4. The Morgan fingerprint density at radius 3 is 2.68 bits per heavy atom. The highest BCUT2D eigenvalue weighted by atomic mass is 16.1. The molecule has 2 aromatic carbocycles. The van der Waals surface area contributed by atoms with Crippen molar-refractivity contribution in [1.29, 1.82) is 0 Å². The monoisotopic (exact) mass is 408 g/mol. The number of carbonyl (C=O) groups is 1. The molecule has 2 atom stereocenters. The fourth-order valence-electron chi connectivity index (χ4n) is 3.97. The van der Waals surface area contributed by atoms with Crippen LogP contribution >= 0.6 is 0 Å². The van der Waals surface area contributed by atoms with E-state index in [1.165, 1.54) is 5.57 Å². The molecule has 1 heterocycles. The first-order chi connectivity index (χ1) is 15.3. The van der Waals surface area contributed by atoms with Crippen LogP contribution in [-0.4, -0.2) is 21.9 Å². The maximum absolute atomic E-state index is 12.7. The smallest absolute Gasteiger partial charge is 0.251 e. The summed E-state index contributed by atoms with van der Waals surface area (Å²) < 4.78 is 0. The van der Waals surface area contributed by atoms with Crippen molar-refractivity contribution in [2.45, 2.75) is 25.3 Å². The van der Waals surface area contributed by atoms with E-state index in [0.29, 0.717) is 11.5 Å². The number of benzene rings is 2. The molecule has 2 aliphatic rings. The number of aromatic nitrogens is 2. The summed E-state index contributed by atoms with van der Waals surface area (Å²) in [5, 5.41) is 6.56. The topological polar surface area (TPSA) is 66.9 Å². The molecule has 5 nitrogen and oxygen atoms in total. The van der Waals surface area contributed by atoms with E-state index in [1.807, 2.05) is 54.6 Å². The van der Waals surface area contributed by atoms with Gasteiger partial charge in [-0.15, -0.1) is 0 Å². The van der Waals surface area contributed by atoms with Crippen molar-refractivity contribution in [3.05, 3.63) is 96.5 Å². The van der Waals surface area contributed by atoms with E-state index in [4.69, 9.17) is 0 Å². The van der Waals surface area contributed by atoms with Crippen LogP contribution in [0.4, 0.5) is 11.4 Å². The van der Waals surface area contributed by atoms with Gasteiger partial charge in [-0.25, -0.2) is 9.97 Å². The highest BCUT2D eigenvalue weighted by molar-refractivity contribution is 5.95. The minimum Gasteiger partial charge on any atom is -0.356 e. The summed E-state index contributed by atoms with van der Waals surface area (Å²) in [7, 11) is 0. The molecule has 0 spiro atoms. The Bertz CT molecular complexity index is 1140. The lowest BCUT2D eigenvalue weighted by Crippen LogP contribution is -2.27. The summed E-state index contributed by atoms with van der Waals surface area (Å²) in [5.41, 5.74) is 5.79. The second kappa shape index (κ2) is 8.56. The van der Waals surface area contributed by atoms with Gasteiger partial charge in [0.1, 0.15) is 6.33 Å². The molecule has 1 aromatic heterocycles. The maximum Gasteiger partial charge on any atom is 0.251 e. The molecule has 31 heavy (non-hydrogen) atoms. The number of allylic oxidation sites excluding steroid dienone is 3. The first-order valence-electron chi connectivity index (χ1n) is 10.7. The normalized spacial score (nSPS) is 19.4. The van der Waals surface area contributed by atoms with Crippen LogP contribution in [-0.2, 0) is 0 Å². The Morgan fingerprint density at radius 1 is 1.00 bits per heavy atom. The average molecular weight is 409 g/mol. The second-order valence-corrected chi connectivity index (χ2v) is 7.98. The Labute approximate surface area is 182 Å². The van der Waals surface area contributed by atoms with Gasteiger partial charge in [-0.1, -0.05) is 36.4 Å². The minimum absolute atomic E-state index is 0.0179. The molecule has 5 heteroatoms. The number of hydrogen-bond donors (Lipinski definition) is 2. The van der Waals surface area contributed by atoms with Gasteiger partial charge in [-0.2, -0.15) is 0 Å². The standard InChI is InChI=1S/C26H24N4O/c31-26(30-25-16-23(25)18-5-2-1-3-6-18)20-7-4-8-22(15-20)29-21-11-9-19(10-12-21)24-13-14-27-17-28-24/h2,4-15,17,23,25,29H,1,3,16H2,(H,30,31)/t23-,25+/m0/s1. The van der Waals surface area contributed by atoms with Crippen LogP contribution in [0.5, 0.6) is 0 Å². The summed E-state index contributed by atoms with van der Waals surface area (Å²) >= 11 is 0. The fourth-order valence-corrected chi connectivity index (χ4v) is 3.97. The van der Waals surface area contributed by atoms with E-state index >= 15 is 0 Å². The van der Waals surface area contributed by atoms with Crippen LogP contribution in [0.2, 0.25) is 0 Å². The third-order valence-corrected chi connectivity index (χ3v) is 5.73. The van der Waals surface area contributed by atoms with E-state index in [1.54, 1.807) is 12.5 Å². The molecule has 0 radical (unpaired) electrons.